The second kappa shape index (κ2) is 10.1. The molecular formula is C21H25ClN6O3S. The van der Waals surface area contributed by atoms with Crippen molar-refractivity contribution in [2.24, 2.45) is 0 Å². The third-order valence-corrected chi connectivity index (χ3v) is 6.66. The van der Waals surface area contributed by atoms with E-state index in [-0.39, 0.29) is 29.8 Å². The Morgan fingerprint density at radius 2 is 1.69 bits per heavy atom. The highest BCUT2D eigenvalue weighted by atomic mass is 35.5. The SMILES string of the molecule is CCOc1ccc(S(=O)(=O)N(Cc2nc(N)nc(N(C)C)n2)Cc2ccccc2Cl)cc1. The Balaban J connectivity index is 2.01. The molecule has 1 heterocycles. The molecule has 0 aliphatic rings. The van der Waals surface area contributed by atoms with Crippen molar-refractivity contribution in [3.63, 3.8) is 0 Å². The molecule has 0 radical (unpaired) electrons. The zero-order valence-corrected chi connectivity index (χ0v) is 19.6. The van der Waals surface area contributed by atoms with Gasteiger partial charge in [-0.3, -0.25) is 0 Å². The fraction of sp³-hybridized carbons (Fsp3) is 0.286. The van der Waals surface area contributed by atoms with Gasteiger partial charge in [-0.1, -0.05) is 29.8 Å². The van der Waals surface area contributed by atoms with Gasteiger partial charge in [-0.2, -0.15) is 19.3 Å². The summed E-state index contributed by atoms with van der Waals surface area (Å²) >= 11 is 6.31. The van der Waals surface area contributed by atoms with E-state index in [4.69, 9.17) is 22.1 Å². The molecule has 0 saturated heterocycles. The Hall–Kier alpha value is -2.95. The number of ether oxygens (including phenoxy) is 1. The molecule has 1 aromatic heterocycles. The van der Waals surface area contributed by atoms with Crippen molar-refractivity contribution >= 4 is 33.5 Å². The Morgan fingerprint density at radius 1 is 1.00 bits per heavy atom. The molecule has 0 saturated carbocycles. The van der Waals surface area contributed by atoms with Crippen LogP contribution in [0.3, 0.4) is 0 Å². The second-order valence-electron chi connectivity index (χ2n) is 7.07. The van der Waals surface area contributed by atoms with Gasteiger partial charge in [0.15, 0.2) is 5.82 Å². The standard InChI is InChI=1S/C21H25ClN6O3S/c1-4-31-16-9-11-17(12-10-16)32(29,30)28(13-15-7-5-6-8-18(15)22)14-19-24-20(23)26-21(25-19)27(2)3/h5-12H,4,13-14H2,1-3H3,(H2,23,24,25,26). The van der Waals surface area contributed by atoms with Crippen LogP contribution in [0.1, 0.15) is 18.3 Å². The van der Waals surface area contributed by atoms with E-state index in [9.17, 15) is 8.42 Å². The lowest BCUT2D eigenvalue weighted by molar-refractivity contribution is 0.340. The maximum Gasteiger partial charge on any atom is 0.243 e. The Labute approximate surface area is 192 Å². The average Bonchev–Trinajstić information content (AvgIpc) is 2.75. The summed E-state index contributed by atoms with van der Waals surface area (Å²) in [6, 6.07) is 13.3. The van der Waals surface area contributed by atoms with E-state index in [1.165, 1.54) is 16.4 Å². The molecule has 170 valence electrons. The lowest BCUT2D eigenvalue weighted by Crippen LogP contribution is -2.31. The van der Waals surface area contributed by atoms with Crippen LogP contribution < -0.4 is 15.4 Å². The highest BCUT2D eigenvalue weighted by Gasteiger charge is 2.27. The summed E-state index contributed by atoms with van der Waals surface area (Å²) in [7, 11) is -0.406. The number of aromatic nitrogens is 3. The number of nitrogens with two attached hydrogens (primary N) is 1. The molecule has 11 heteroatoms. The first kappa shape index (κ1) is 23.7. The van der Waals surface area contributed by atoms with E-state index in [1.54, 1.807) is 55.4 Å². The van der Waals surface area contributed by atoms with Crippen LogP contribution in [0.25, 0.3) is 0 Å². The molecule has 9 nitrogen and oxygen atoms in total. The number of anilines is 2. The number of benzene rings is 2. The lowest BCUT2D eigenvalue weighted by Gasteiger charge is -2.23. The Kier molecular flexibility index (Phi) is 7.49. The number of hydrogen-bond donors (Lipinski definition) is 1. The van der Waals surface area contributed by atoms with Crippen molar-refractivity contribution in [2.75, 3.05) is 31.3 Å². The largest absolute Gasteiger partial charge is 0.494 e. The number of rotatable bonds is 9. The van der Waals surface area contributed by atoms with Gasteiger partial charge in [0.1, 0.15) is 5.75 Å². The minimum absolute atomic E-state index is 0.00913. The summed E-state index contributed by atoms with van der Waals surface area (Å²) in [5.74, 6) is 1.16. The zero-order chi connectivity index (χ0) is 23.3. The fourth-order valence-electron chi connectivity index (χ4n) is 2.92. The van der Waals surface area contributed by atoms with E-state index < -0.39 is 10.0 Å². The molecule has 0 amide bonds. The molecule has 0 unspecified atom stereocenters. The lowest BCUT2D eigenvalue weighted by atomic mass is 10.2. The number of sulfonamides is 1. The topological polar surface area (TPSA) is 115 Å². The molecule has 0 fully saturated rings. The summed E-state index contributed by atoms with van der Waals surface area (Å²) < 4.78 is 33.8. The molecule has 0 spiro atoms. The first-order valence-corrected chi connectivity index (χ1v) is 11.7. The smallest absolute Gasteiger partial charge is 0.243 e. The van der Waals surface area contributed by atoms with Gasteiger partial charge in [-0.15, -0.1) is 0 Å². The van der Waals surface area contributed by atoms with Gasteiger partial charge < -0.3 is 15.4 Å². The Morgan fingerprint density at radius 3 is 2.31 bits per heavy atom. The predicted octanol–water partition coefficient (Wildman–Crippen LogP) is 2.96. The van der Waals surface area contributed by atoms with Gasteiger partial charge in [0.2, 0.25) is 21.9 Å². The highest BCUT2D eigenvalue weighted by Crippen LogP contribution is 2.25. The minimum atomic E-state index is -3.93. The van der Waals surface area contributed by atoms with Crippen molar-refractivity contribution < 1.29 is 13.2 Å². The zero-order valence-electron chi connectivity index (χ0n) is 18.1. The van der Waals surface area contributed by atoms with Crippen LogP contribution in [0.2, 0.25) is 5.02 Å². The number of nitrogens with zero attached hydrogens (tertiary/aromatic N) is 5. The molecule has 0 aliphatic heterocycles. The monoisotopic (exact) mass is 476 g/mol. The molecular weight excluding hydrogens is 452 g/mol. The number of halogens is 1. The maximum atomic E-state index is 13.6. The third-order valence-electron chi connectivity index (χ3n) is 4.48. The van der Waals surface area contributed by atoms with Crippen LogP contribution in [-0.2, 0) is 23.1 Å². The first-order chi connectivity index (χ1) is 15.2. The summed E-state index contributed by atoms with van der Waals surface area (Å²) in [5, 5.41) is 0.462. The van der Waals surface area contributed by atoms with Crippen LogP contribution in [-0.4, -0.2) is 48.4 Å². The van der Waals surface area contributed by atoms with E-state index >= 15 is 0 Å². The van der Waals surface area contributed by atoms with Crippen LogP contribution in [0.5, 0.6) is 5.75 Å². The number of hydrogen-bond acceptors (Lipinski definition) is 8. The van der Waals surface area contributed by atoms with Crippen molar-refractivity contribution in [1.82, 2.24) is 19.3 Å². The van der Waals surface area contributed by atoms with Gasteiger partial charge in [-0.05, 0) is 42.8 Å². The van der Waals surface area contributed by atoms with Gasteiger partial charge in [0.25, 0.3) is 0 Å². The molecule has 2 N–H and O–H groups in total. The Bertz CT molecular complexity index is 1170. The van der Waals surface area contributed by atoms with E-state index in [1.807, 2.05) is 6.92 Å². The summed E-state index contributed by atoms with van der Waals surface area (Å²) in [6.07, 6.45) is 0. The van der Waals surface area contributed by atoms with Crippen molar-refractivity contribution in [1.29, 1.82) is 0 Å². The van der Waals surface area contributed by atoms with Gasteiger partial charge in [0, 0.05) is 25.7 Å². The highest BCUT2D eigenvalue weighted by molar-refractivity contribution is 7.89. The van der Waals surface area contributed by atoms with Crippen molar-refractivity contribution in [3.05, 3.63) is 64.9 Å². The molecule has 3 aromatic rings. The molecule has 3 rings (SSSR count). The van der Waals surface area contributed by atoms with Crippen LogP contribution >= 0.6 is 11.6 Å². The first-order valence-electron chi connectivity index (χ1n) is 9.85. The second-order valence-corrected chi connectivity index (χ2v) is 9.42. The van der Waals surface area contributed by atoms with E-state index in [0.717, 1.165) is 0 Å². The van der Waals surface area contributed by atoms with E-state index in [0.29, 0.717) is 28.9 Å². The molecule has 2 aromatic carbocycles. The van der Waals surface area contributed by atoms with Crippen molar-refractivity contribution in [3.8, 4) is 5.75 Å². The maximum absolute atomic E-state index is 13.6. The molecule has 0 bridgehead atoms. The predicted molar refractivity (Wildman–Crippen MR) is 124 cm³/mol. The number of nitrogen functional groups attached to an aromatic ring is 1. The van der Waals surface area contributed by atoms with Crippen LogP contribution in [0, 0.1) is 0 Å². The van der Waals surface area contributed by atoms with E-state index in [2.05, 4.69) is 15.0 Å². The summed E-state index contributed by atoms with van der Waals surface area (Å²) in [5.41, 5.74) is 6.47. The third kappa shape index (κ3) is 5.64. The summed E-state index contributed by atoms with van der Waals surface area (Å²) in [4.78, 5) is 14.3. The van der Waals surface area contributed by atoms with Gasteiger partial charge >= 0.3 is 0 Å². The molecule has 32 heavy (non-hydrogen) atoms. The molecule has 0 aliphatic carbocycles. The normalized spacial score (nSPS) is 11.5. The quantitative estimate of drug-likeness (QED) is 0.501. The van der Waals surface area contributed by atoms with Gasteiger partial charge in [0.05, 0.1) is 18.0 Å². The molecule has 0 atom stereocenters. The van der Waals surface area contributed by atoms with Gasteiger partial charge in [-0.25, -0.2) is 8.42 Å². The summed E-state index contributed by atoms with van der Waals surface area (Å²) in [6.45, 7) is 2.25. The van der Waals surface area contributed by atoms with Crippen molar-refractivity contribution in [2.45, 2.75) is 24.9 Å². The minimum Gasteiger partial charge on any atom is -0.494 e. The average molecular weight is 477 g/mol. The van der Waals surface area contributed by atoms with Crippen LogP contribution in [0.4, 0.5) is 11.9 Å². The fourth-order valence-corrected chi connectivity index (χ4v) is 4.49. The van der Waals surface area contributed by atoms with Crippen LogP contribution in [0.15, 0.2) is 53.4 Å².